The molecule has 4 aliphatic carbocycles. The van der Waals surface area contributed by atoms with Gasteiger partial charge in [-0.25, -0.2) is 9.50 Å². The molecule has 0 radical (unpaired) electrons. The predicted molar refractivity (Wildman–Crippen MR) is 99.1 cm³/mol. The van der Waals surface area contributed by atoms with Crippen LogP contribution in [0.5, 0.6) is 0 Å². The van der Waals surface area contributed by atoms with Gasteiger partial charge in [0.25, 0.3) is 5.91 Å². The molecule has 1 N–H and O–H groups in total. The monoisotopic (exact) mass is 362 g/mol. The third kappa shape index (κ3) is 2.35. The Bertz CT molecular complexity index is 985. The Morgan fingerprint density at radius 1 is 1.15 bits per heavy atom. The fourth-order valence-corrected chi connectivity index (χ4v) is 6.23. The Kier molecular flexibility index (Phi) is 3.11. The molecule has 4 bridgehead atoms. The lowest BCUT2D eigenvalue weighted by Gasteiger charge is -2.56. The fraction of sp³-hybridized carbons (Fsp3) is 0.476. The molecule has 0 spiro atoms. The van der Waals surface area contributed by atoms with E-state index in [1.807, 2.05) is 18.2 Å². The van der Waals surface area contributed by atoms with Crippen molar-refractivity contribution in [1.82, 2.24) is 19.9 Å². The molecule has 3 aromatic heterocycles. The molecule has 3 aromatic rings. The summed E-state index contributed by atoms with van der Waals surface area (Å²) < 4.78 is 7.19. The number of carbonyl (C=O) groups excluding carboxylic acids is 1. The van der Waals surface area contributed by atoms with Crippen LogP contribution in [0.3, 0.4) is 0 Å². The van der Waals surface area contributed by atoms with Crippen LogP contribution in [0.2, 0.25) is 0 Å². The summed E-state index contributed by atoms with van der Waals surface area (Å²) >= 11 is 0. The summed E-state index contributed by atoms with van der Waals surface area (Å²) in [5.74, 6) is 3.05. The Balaban J connectivity index is 1.34. The average molecular weight is 362 g/mol. The first-order valence-electron chi connectivity index (χ1n) is 9.88. The van der Waals surface area contributed by atoms with Crippen molar-refractivity contribution in [3.63, 3.8) is 0 Å². The van der Waals surface area contributed by atoms with Crippen molar-refractivity contribution >= 4 is 11.6 Å². The number of amides is 1. The Morgan fingerprint density at radius 3 is 2.56 bits per heavy atom. The molecule has 0 aromatic carbocycles. The molecule has 0 unspecified atom stereocenters. The number of nitrogens with one attached hydrogen (secondary N) is 1. The number of hydrogen-bond donors (Lipinski definition) is 1. The summed E-state index contributed by atoms with van der Waals surface area (Å²) in [5, 5.41) is 7.84. The third-order valence-electron chi connectivity index (χ3n) is 6.84. The molecule has 7 rings (SSSR count). The van der Waals surface area contributed by atoms with Crippen LogP contribution in [0.1, 0.15) is 48.9 Å². The van der Waals surface area contributed by atoms with Gasteiger partial charge in [0, 0.05) is 11.7 Å². The molecule has 4 fully saturated rings. The van der Waals surface area contributed by atoms with E-state index in [2.05, 4.69) is 15.4 Å². The molecular formula is C21H22N4O2. The van der Waals surface area contributed by atoms with E-state index in [1.54, 1.807) is 23.2 Å². The second-order valence-corrected chi connectivity index (χ2v) is 8.75. The first-order valence-corrected chi connectivity index (χ1v) is 9.88. The molecule has 3 heterocycles. The topological polar surface area (TPSA) is 72.4 Å². The lowest BCUT2D eigenvalue weighted by atomic mass is 9.53. The molecule has 4 aliphatic rings. The zero-order valence-corrected chi connectivity index (χ0v) is 15.1. The maximum absolute atomic E-state index is 13.2. The number of fused-ring (bicyclic) bond motifs is 1. The molecular weight excluding hydrogens is 340 g/mol. The largest absolute Gasteiger partial charge is 0.463 e. The minimum absolute atomic E-state index is 0.0152. The van der Waals surface area contributed by atoms with E-state index >= 15 is 0 Å². The summed E-state index contributed by atoms with van der Waals surface area (Å²) in [6, 6.07) is 5.57. The van der Waals surface area contributed by atoms with Gasteiger partial charge in [-0.15, -0.1) is 0 Å². The van der Waals surface area contributed by atoms with E-state index in [-0.39, 0.29) is 11.4 Å². The van der Waals surface area contributed by atoms with Crippen molar-refractivity contribution in [1.29, 1.82) is 0 Å². The third-order valence-corrected chi connectivity index (χ3v) is 6.84. The van der Waals surface area contributed by atoms with Crippen LogP contribution in [0.4, 0.5) is 0 Å². The summed E-state index contributed by atoms with van der Waals surface area (Å²) in [5.41, 5.74) is 1.89. The maximum Gasteiger partial charge on any atom is 0.257 e. The lowest BCUT2D eigenvalue weighted by molar-refractivity contribution is -0.0166. The normalized spacial score (nSPS) is 31.5. The summed E-state index contributed by atoms with van der Waals surface area (Å²) in [4.78, 5) is 17.6. The number of furan rings is 1. The number of hydrogen-bond acceptors (Lipinski definition) is 4. The smallest absolute Gasteiger partial charge is 0.257 e. The van der Waals surface area contributed by atoms with Crippen molar-refractivity contribution in [3.05, 3.63) is 42.4 Å². The van der Waals surface area contributed by atoms with Crippen molar-refractivity contribution < 1.29 is 9.21 Å². The lowest BCUT2D eigenvalue weighted by Crippen LogP contribution is -2.59. The standard InChI is InChI=1S/C21H22N4O2/c26-20(24-21-9-13-6-14(10-21)8-15(7-13)11-21)16-12-23-25-17(3-4-22-19(16)25)18-2-1-5-27-18/h1-5,12-15H,6-11H2,(H,24,26). The predicted octanol–water partition coefficient (Wildman–Crippen LogP) is 3.69. The zero-order valence-electron chi connectivity index (χ0n) is 15.1. The highest BCUT2D eigenvalue weighted by molar-refractivity contribution is 6.00. The Labute approximate surface area is 157 Å². The van der Waals surface area contributed by atoms with Crippen molar-refractivity contribution in [3.8, 4) is 11.5 Å². The van der Waals surface area contributed by atoms with Crippen LogP contribution >= 0.6 is 0 Å². The van der Waals surface area contributed by atoms with Crippen LogP contribution in [-0.2, 0) is 0 Å². The molecule has 0 saturated heterocycles. The molecule has 0 atom stereocenters. The van der Waals surface area contributed by atoms with E-state index in [0.717, 1.165) is 42.7 Å². The molecule has 27 heavy (non-hydrogen) atoms. The van der Waals surface area contributed by atoms with Gasteiger partial charge in [-0.3, -0.25) is 4.79 Å². The van der Waals surface area contributed by atoms with Crippen LogP contribution in [0.15, 0.2) is 41.3 Å². The highest BCUT2D eigenvalue weighted by Crippen LogP contribution is 2.55. The summed E-state index contributed by atoms with van der Waals surface area (Å²) in [7, 11) is 0. The molecule has 6 heteroatoms. The van der Waals surface area contributed by atoms with Gasteiger partial charge in [0.05, 0.1) is 12.5 Å². The van der Waals surface area contributed by atoms with Gasteiger partial charge in [0.15, 0.2) is 11.4 Å². The summed E-state index contributed by atoms with van der Waals surface area (Å²) in [6.07, 6.45) is 12.4. The van der Waals surface area contributed by atoms with Gasteiger partial charge in [-0.2, -0.15) is 5.10 Å². The van der Waals surface area contributed by atoms with Crippen LogP contribution in [-0.4, -0.2) is 26.0 Å². The first-order chi connectivity index (χ1) is 13.2. The fourth-order valence-electron chi connectivity index (χ4n) is 6.23. The van der Waals surface area contributed by atoms with Gasteiger partial charge in [0.1, 0.15) is 11.3 Å². The minimum Gasteiger partial charge on any atom is -0.463 e. The van der Waals surface area contributed by atoms with E-state index in [9.17, 15) is 4.79 Å². The second-order valence-electron chi connectivity index (χ2n) is 8.75. The van der Waals surface area contributed by atoms with E-state index in [4.69, 9.17) is 4.42 Å². The SMILES string of the molecule is O=C(NC12CC3CC(CC(C3)C1)C2)c1cnn2c(-c3ccco3)ccnc12. The van der Waals surface area contributed by atoms with Gasteiger partial charge in [-0.1, -0.05) is 0 Å². The Hall–Kier alpha value is -2.63. The highest BCUT2D eigenvalue weighted by Gasteiger charge is 2.51. The van der Waals surface area contributed by atoms with E-state index < -0.39 is 0 Å². The minimum atomic E-state index is -0.0453. The highest BCUT2D eigenvalue weighted by atomic mass is 16.3. The Morgan fingerprint density at radius 2 is 1.89 bits per heavy atom. The number of nitrogens with zero attached hydrogens (tertiary/aromatic N) is 3. The molecule has 4 saturated carbocycles. The van der Waals surface area contributed by atoms with Crippen LogP contribution < -0.4 is 5.32 Å². The number of carbonyl (C=O) groups is 1. The van der Waals surface area contributed by atoms with Crippen molar-refractivity contribution in [2.24, 2.45) is 17.8 Å². The summed E-state index contributed by atoms with van der Waals surface area (Å²) in [6.45, 7) is 0. The quantitative estimate of drug-likeness (QED) is 0.771. The van der Waals surface area contributed by atoms with Gasteiger partial charge in [-0.05, 0) is 74.5 Å². The average Bonchev–Trinajstić information content (AvgIpc) is 3.30. The number of rotatable bonds is 3. The van der Waals surface area contributed by atoms with Gasteiger partial charge in [0.2, 0.25) is 0 Å². The first kappa shape index (κ1) is 15.4. The number of aromatic nitrogens is 3. The van der Waals surface area contributed by atoms with Crippen molar-refractivity contribution in [2.45, 2.75) is 44.1 Å². The molecule has 0 aliphatic heterocycles. The molecule has 6 nitrogen and oxygen atoms in total. The van der Waals surface area contributed by atoms with Gasteiger partial charge >= 0.3 is 0 Å². The van der Waals surface area contributed by atoms with Crippen LogP contribution in [0, 0.1) is 17.8 Å². The van der Waals surface area contributed by atoms with Crippen molar-refractivity contribution in [2.75, 3.05) is 0 Å². The van der Waals surface area contributed by atoms with E-state index in [1.165, 1.54) is 19.3 Å². The van der Waals surface area contributed by atoms with Gasteiger partial charge < -0.3 is 9.73 Å². The molecule has 138 valence electrons. The van der Waals surface area contributed by atoms with E-state index in [0.29, 0.717) is 17.0 Å². The molecule has 1 amide bonds. The second kappa shape index (κ2) is 5.44. The maximum atomic E-state index is 13.2. The van der Waals surface area contributed by atoms with Crippen LogP contribution in [0.25, 0.3) is 17.1 Å². The zero-order chi connectivity index (χ0) is 18.0.